The Kier molecular flexibility index (Phi) is 6.51. The van der Waals surface area contributed by atoms with Crippen LogP contribution < -0.4 is 10.6 Å². The summed E-state index contributed by atoms with van der Waals surface area (Å²) >= 11 is 0. The molecule has 140 valence electrons. The summed E-state index contributed by atoms with van der Waals surface area (Å²) < 4.78 is 27.5. The molecule has 0 saturated carbocycles. The smallest absolute Gasteiger partial charge is 0.321 e. The maximum Gasteiger partial charge on any atom is 0.321 e. The Morgan fingerprint density at radius 2 is 1.92 bits per heavy atom. The highest BCUT2D eigenvalue weighted by molar-refractivity contribution is 7.94. The van der Waals surface area contributed by atoms with Gasteiger partial charge in [-0.05, 0) is 12.5 Å². The molecule has 1 aliphatic heterocycles. The van der Waals surface area contributed by atoms with Crippen molar-refractivity contribution in [3.8, 4) is 0 Å². The zero-order valence-corrected chi connectivity index (χ0v) is 15.0. The molecule has 1 heterocycles. The molecule has 0 fully saturated rings. The van der Waals surface area contributed by atoms with Crippen LogP contribution in [-0.4, -0.2) is 38.2 Å². The lowest BCUT2D eigenvalue weighted by molar-refractivity contribution is -0.154. The lowest BCUT2D eigenvalue weighted by Gasteiger charge is -2.14. The van der Waals surface area contributed by atoms with Crippen LogP contribution in [0.3, 0.4) is 0 Å². The second-order valence-electron chi connectivity index (χ2n) is 5.91. The molecule has 0 aromatic heterocycles. The first-order valence-corrected chi connectivity index (χ1v) is 9.70. The van der Waals surface area contributed by atoms with Crippen LogP contribution >= 0.6 is 0 Å². The number of carbonyl (C=O) groups is 3. The second kappa shape index (κ2) is 8.61. The fraction of sp³-hybridized carbons (Fsp3) is 0.353. The highest BCUT2D eigenvalue weighted by Crippen LogP contribution is 2.18. The van der Waals surface area contributed by atoms with Crippen LogP contribution in [-0.2, 0) is 30.7 Å². The number of hydrogen-bond acceptors (Lipinski definition) is 6. The number of allylic oxidation sites excluding steroid dienone is 1. The molecular weight excluding hydrogens is 360 g/mol. The molecule has 2 rings (SSSR count). The minimum atomic E-state index is -3.25. The van der Waals surface area contributed by atoms with E-state index in [1.165, 1.54) is 13.0 Å². The summed E-state index contributed by atoms with van der Waals surface area (Å²) in [5, 5.41) is 5.67. The van der Waals surface area contributed by atoms with E-state index in [-0.39, 0.29) is 18.7 Å². The van der Waals surface area contributed by atoms with Crippen molar-refractivity contribution >= 4 is 27.7 Å². The van der Waals surface area contributed by atoms with Crippen molar-refractivity contribution in [1.29, 1.82) is 0 Å². The van der Waals surface area contributed by atoms with Gasteiger partial charge in [-0.15, -0.1) is 0 Å². The van der Waals surface area contributed by atoms with Gasteiger partial charge in [-0.25, -0.2) is 13.2 Å². The first kappa shape index (κ1) is 19.6. The molecule has 1 aromatic carbocycles. The molecule has 8 nitrogen and oxygen atoms in total. The van der Waals surface area contributed by atoms with E-state index in [1.807, 2.05) is 30.3 Å². The van der Waals surface area contributed by atoms with Crippen molar-refractivity contribution in [2.45, 2.75) is 26.0 Å². The van der Waals surface area contributed by atoms with Crippen molar-refractivity contribution in [2.24, 2.45) is 5.92 Å². The first-order chi connectivity index (χ1) is 12.2. The lowest BCUT2D eigenvalue weighted by atomic mass is 10.1. The van der Waals surface area contributed by atoms with Crippen LogP contribution in [0.1, 0.15) is 18.9 Å². The summed E-state index contributed by atoms with van der Waals surface area (Å²) in [6.07, 6.45) is 0.110. The molecule has 9 heteroatoms. The van der Waals surface area contributed by atoms with E-state index in [2.05, 4.69) is 10.6 Å². The number of sulfone groups is 1. The summed E-state index contributed by atoms with van der Waals surface area (Å²) in [4.78, 5) is 35.4. The van der Waals surface area contributed by atoms with Gasteiger partial charge in [0.25, 0.3) is 5.91 Å². The quantitative estimate of drug-likeness (QED) is 0.708. The highest BCUT2D eigenvalue weighted by atomic mass is 32.2. The molecule has 1 aromatic rings. The fourth-order valence-corrected chi connectivity index (χ4v) is 3.71. The number of benzene rings is 1. The highest BCUT2D eigenvalue weighted by Gasteiger charge is 2.26. The molecule has 2 unspecified atom stereocenters. The molecular formula is C17H20N2O6S. The van der Waals surface area contributed by atoms with Gasteiger partial charge in [0, 0.05) is 17.9 Å². The Hall–Kier alpha value is -2.68. The molecule has 0 bridgehead atoms. The zero-order chi connectivity index (χ0) is 19.2. The second-order valence-corrected chi connectivity index (χ2v) is 7.84. The number of rotatable bonds is 6. The van der Waals surface area contributed by atoms with Crippen molar-refractivity contribution in [3.63, 3.8) is 0 Å². The van der Waals surface area contributed by atoms with E-state index in [0.29, 0.717) is 0 Å². The normalized spacial score (nSPS) is 18.7. The van der Waals surface area contributed by atoms with Gasteiger partial charge < -0.3 is 10.1 Å². The molecule has 0 saturated heterocycles. The van der Waals surface area contributed by atoms with Gasteiger partial charge in [-0.1, -0.05) is 36.4 Å². The third-order valence-electron chi connectivity index (χ3n) is 3.64. The summed E-state index contributed by atoms with van der Waals surface area (Å²) in [5.41, 5.74) is 0.870. The fourth-order valence-electron chi connectivity index (χ4n) is 2.32. The third-order valence-corrected chi connectivity index (χ3v) is 5.11. The molecule has 0 spiro atoms. The van der Waals surface area contributed by atoms with Gasteiger partial charge in [-0.2, -0.15) is 0 Å². The van der Waals surface area contributed by atoms with Crippen molar-refractivity contribution in [2.75, 3.05) is 5.75 Å². The molecule has 2 atom stereocenters. The standard InChI is InChI=1S/C17H20N2O6S/c1-12(25-15(20)9-14-7-8-26(23,24)11-14)16(21)19-17(22)18-10-13-5-3-2-4-6-13/h2-8,12,14H,9-11H2,1H3,(H2,18,19,21,22). The van der Waals surface area contributed by atoms with E-state index < -0.39 is 39.8 Å². The van der Waals surface area contributed by atoms with Crippen molar-refractivity contribution in [3.05, 3.63) is 47.4 Å². The number of carbonyl (C=O) groups excluding carboxylic acids is 3. The van der Waals surface area contributed by atoms with Gasteiger partial charge in [-0.3, -0.25) is 14.9 Å². The van der Waals surface area contributed by atoms with E-state index in [9.17, 15) is 22.8 Å². The minimum absolute atomic E-state index is 0.145. The molecule has 1 aliphatic rings. The average Bonchev–Trinajstić information content (AvgIpc) is 2.92. The number of esters is 1. The van der Waals surface area contributed by atoms with Gasteiger partial charge in [0.1, 0.15) is 0 Å². The van der Waals surface area contributed by atoms with Gasteiger partial charge >= 0.3 is 12.0 Å². The molecule has 26 heavy (non-hydrogen) atoms. The summed E-state index contributed by atoms with van der Waals surface area (Å²) in [6.45, 7) is 1.58. The lowest BCUT2D eigenvalue weighted by Crippen LogP contribution is -2.44. The van der Waals surface area contributed by atoms with Crippen LogP contribution in [0.4, 0.5) is 4.79 Å². The monoisotopic (exact) mass is 380 g/mol. The van der Waals surface area contributed by atoms with E-state index >= 15 is 0 Å². The Balaban J connectivity index is 1.72. The Morgan fingerprint density at radius 3 is 2.54 bits per heavy atom. The number of hydrogen-bond donors (Lipinski definition) is 2. The summed E-state index contributed by atoms with van der Waals surface area (Å²) in [5.74, 6) is -2.08. The number of imide groups is 1. The Bertz CT molecular complexity index is 804. The number of ether oxygens (including phenoxy) is 1. The number of amides is 3. The van der Waals surface area contributed by atoms with Crippen LogP contribution in [0.15, 0.2) is 41.8 Å². The molecule has 0 aliphatic carbocycles. The van der Waals surface area contributed by atoms with Crippen LogP contribution in [0.25, 0.3) is 0 Å². The van der Waals surface area contributed by atoms with Crippen LogP contribution in [0.2, 0.25) is 0 Å². The predicted octanol–water partition coefficient (Wildman–Crippen LogP) is 0.892. The maximum atomic E-state index is 11.9. The predicted molar refractivity (Wildman–Crippen MR) is 93.4 cm³/mol. The van der Waals surface area contributed by atoms with Crippen molar-refractivity contribution < 1.29 is 27.5 Å². The average molecular weight is 380 g/mol. The Labute approximate surface area is 151 Å². The first-order valence-electron chi connectivity index (χ1n) is 7.98. The SMILES string of the molecule is CC(OC(=O)CC1C=CS(=O)(=O)C1)C(=O)NC(=O)NCc1ccccc1. The third kappa shape index (κ3) is 6.32. The van der Waals surface area contributed by atoms with Crippen LogP contribution in [0.5, 0.6) is 0 Å². The number of nitrogens with one attached hydrogen (secondary N) is 2. The zero-order valence-electron chi connectivity index (χ0n) is 14.2. The van der Waals surface area contributed by atoms with Gasteiger partial charge in [0.05, 0.1) is 12.2 Å². The van der Waals surface area contributed by atoms with E-state index in [0.717, 1.165) is 11.0 Å². The van der Waals surface area contributed by atoms with Gasteiger partial charge in [0.15, 0.2) is 15.9 Å². The molecule has 3 amide bonds. The van der Waals surface area contributed by atoms with Crippen molar-refractivity contribution in [1.82, 2.24) is 10.6 Å². The van der Waals surface area contributed by atoms with E-state index in [1.54, 1.807) is 0 Å². The summed E-state index contributed by atoms with van der Waals surface area (Å²) in [7, 11) is -3.25. The molecule has 0 radical (unpaired) electrons. The van der Waals surface area contributed by atoms with E-state index in [4.69, 9.17) is 4.74 Å². The maximum absolute atomic E-state index is 11.9. The Morgan fingerprint density at radius 1 is 1.23 bits per heavy atom. The topological polar surface area (TPSA) is 119 Å². The minimum Gasteiger partial charge on any atom is -0.453 e. The summed E-state index contributed by atoms with van der Waals surface area (Å²) in [6, 6.07) is 8.44. The molecule has 2 N–H and O–H groups in total. The number of urea groups is 1. The van der Waals surface area contributed by atoms with Crippen LogP contribution in [0, 0.1) is 5.92 Å². The van der Waals surface area contributed by atoms with Gasteiger partial charge in [0.2, 0.25) is 0 Å². The largest absolute Gasteiger partial charge is 0.453 e.